The number of ketones is 1. The lowest BCUT2D eigenvalue weighted by molar-refractivity contribution is -0.128. The third-order valence-electron chi connectivity index (χ3n) is 8.49. The Kier molecular flexibility index (Phi) is 5.73. The number of carbonyl (C=O) groups is 1. The summed E-state index contributed by atoms with van der Waals surface area (Å²) >= 11 is 0. The highest BCUT2D eigenvalue weighted by molar-refractivity contribution is 7.86. The van der Waals surface area contributed by atoms with E-state index >= 15 is 0 Å². The van der Waals surface area contributed by atoms with Gasteiger partial charge in [0.15, 0.2) is 0 Å². The van der Waals surface area contributed by atoms with Gasteiger partial charge in [0, 0.05) is 12.3 Å². The summed E-state index contributed by atoms with van der Waals surface area (Å²) in [6, 6.07) is 10.1. The second-order valence-electron chi connectivity index (χ2n) is 10.1. The first-order chi connectivity index (χ1) is 14.2. The molecule has 30 heavy (non-hydrogen) atoms. The van der Waals surface area contributed by atoms with Crippen molar-refractivity contribution in [3.05, 3.63) is 48.6 Å². The second kappa shape index (κ2) is 7.90. The third-order valence-corrected chi connectivity index (χ3v) is 9.87. The van der Waals surface area contributed by atoms with Crippen LogP contribution in [0.25, 0.3) is 0 Å². The Morgan fingerprint density at radius 1 is 1.17 bits per heavy atom. The molecular weight excluding hydrogens is 396 g/mol. The van der Waals surface area contributed by atoms with Gasteiger partial charge in [-0.25, -0.2) is 0 Å². The molecule has 1 aromatic carbocycles. The quantitative estimate of drug-likeness (QED) is 0.437. The first kappa shape index (κ1) is 21.8. The average molecular weight is 431 g/mol. The molecule has 1 aromatic rings. The van der Waals surface area contributed by atoms with E-state index in [0.29, 0.717) is 18.8 Å². The van der Waals surface area contributed by atoms with Gasteiger partial charge in [-0.15, -0.1) is 6.58 Å². The maximum Gasteiger partial charge on any atom is 0.268 e. The van der Waals surface area contributed by atoms with Crippen LogP contribution >= 0.6 is 0 Å². The van der Waals surface area contributed by atoms with Crippen LogP contribution in [0.1, 0.15) is 70.3 Å². The molecule has 3 aliphatic carbocycles. The Hall–Kier alpha value is -1.46. The van der Waals surface area contributed by atoms with E-state index in [0.717, 1.165) is 37.7 Å². The Labute approximate surface area is 181 Å². The molecule has 3 fully saturated rings. The molecule has 2 bridgehead atoms. The molecule has 0 amide bonds. The number of Topliss-reactive ketones (excluding diaryl/α,β-unsaturated/α-hetero) is 1. The smallest absolute Gasteiger partial charge is 0.268 e. The molecule has 0 radical (unpaired) electrons. The number of carbonyl (C=O) groups excluding carboxylic acids is 1. The molecule has 4 nitrogen and oxygen atoms in total. The van der Waals surface area contributed by atoms with Gasteiger partial charge in [0.1, 0.15) is 5.78 Å². The zero-order valence-corrected chi connectivity index (χ0v) is 19.0. The van der Waals surface area contributed by atoms with Gasteiger partial charge in [0.2, 0.25) is 0 Å². The third kappa shape index (κ3) is 3.58. The SMILES string of the molecule is C=C[C@@H](c1ccccc1)[C@H]1CCCC[C@H]1OS(=O)(=O)C[C@]12CC[C@H](CC1=O)C2(C)C. The number of hydrogen-bond donors (Lipinski definition) is 0. The van der Waals surface area contributed by atoms with Gasteiger partial charge in [0.05, 0.1) is 17.3 Å². The maximum atomic E-state index is 13.3. The molecule has 5 atom stereocenters. The largest absolute Gasteiger partial charge is 0.299 e. The summed E-state index contributed by atoms with van der Waals surface area (Å²) in [5, 5.41) is 0. The van der Waals surface area contributed by atoms with Crippen LogP contribution in [0.5, 0.6) is 0 Å². The van der Waals surface area contributed by atoms with Gasteiger partial charge in [-0.2, -0.15) is 8.42 Å². The normalized spacial score (nSPS) is 34.1. The van der Waals surface area contributed by atoms with E-state index in [2.05, 4.69) is 32.6 Å². The highest BCUT2D eigenvalue weighted by atomic mass is 32.2. The lowest BCUT2D eigenvalue weighted by atomic mass is 9.70. The van der Waals surface area contributed by atoms with Gasteiger partial charge in [-0.3, -0.25) is 8.98 Å². The van der Waals surface area contributed by atoms with Gasteiger partial charge < -0.3 is 0 Å². The van der Waals surface area contributed by atoms with E-state index in [9.17, 15) is 13.2 Å². The summed E-state index contributed by atoms with van der Waals surface area (Å²) in [7, 11) is -3.82. The predicted octanol–water partition coefficient (Wildman–Crippen LogP) is 5.26. The van der Waals surface area contributed by atoms with Gasteiger partial charge in [0.25, 0.3) is 10.1 Å². The zero-order chi connectivity index (χ0) is 21.6. The highest BCUT2D eigenvalue weighted by Gasteiger charge is 2.65. The van der Waals surface area contributed by atoms with E-state index in [4.69, 9.17) is 4.18 Å². The predicted molar refractivity (Wildman–Crippen MR) is 119 cm³/mol. The van der Waals surface area contributed by atoms with E-state index in [1.807, 2.05) is 24.3 Å². The monoisotopic (exact) mass is 430 g/mol. The lowest BCUT2D eigenvalue weighted by Gasteiger charge is -2.38. The van der Waals surface area contributed by atoms with Gasteiger partial charge in [-0.1, -0.05) is 63.1 Å². The van der Waals surface area contributed by atoms with Crippen LogP contribution in [0, 0.1) is 22.7 Å². The Bertz CT molecular complexity index is 904. The standard InChI is InChI=1S/C25H34O4S/c1-4-20(18-10-6-5-7-11-18)21-12-8-9-13-22(21)29-30(27,28)17-25-15-14-19(16-23(25)26)24(25,2)3/h4-7,10-11,19-22H,1,8-9,12-17H2,2-3H3/t19-,20+,21-,22-,25-/m1/s1. The molecule has 0 aromatic heterocycles. The van der Waals surface area contributed by atoms with Crippen LogP contribution in [0.2, 0.25) is 0 Å². The van der Waals surface area contributed by atoms with Crippen LogP contribution in [-0.2, 0) is 19.1 Å². The molecule has 0 aliphatic heterocycles. The average Bonchev–Trinajstić information content (AvgIpc) is 3.04. The molecule has 4 rings (SSSR count). The van der Waals surface area contributed by atoms with Crippen molar-refractivity contribution in [2.45, 2.75) is 70.8 Å². The summed E-state index contributed by atoms with van der Waals surface area (Å²) in [5.74, 6) is 0.380. The van der Waals surface area contributed by atoms with Crippen molar-refractivity contribution in [2.24, 2.45) is 22.7 Å². The van der Waals surface area contributed by atoms with E-state index in [1.54, 1.807) is 0 Å². The van der Waals surface area contributed by atoms with Crippen molar-refractivity contribution < 1.29 is 17.4 Å². The minimum absolute atomic E-state index is 0.0604. The molecule has 5 heteroatoms. The van der Waals surface area contributed by atoms with Crippen LogP contribution in [-0.4, -0.2) is 26.1 Å². The van der Waals surface area contributed by atoms with Crippen LogP contribution in [0.3, 0.4) is 0 Å². The molecule has 0 N–H and O–H groups in total. The Balaban J connectivity index is 1.55. The number of allylic oxidation sites excluding steroid dienone is 1. The summed E-state index contributed by atoms with van der Waals surface area (Å²) in [6.45, 7) is 8.17. The fourth-order valence-corrected chi connectivity index (χ4v) is 8.49. The summed E-state index contributed by atoms with van der Waals surface area (Å²) in [6.07, 6.45) is 7.37. The summed E-state index contributed by atoms with van der Waals surface area (Å²) < 4.78 is 32.4. The molecule has 0 unspecified atom stereocenters. The Morgan fingerprint density at radius 2 is 1.87 bits per heavy atom. The second-order valence-corrected chi connectivity index (χ2v) is 11.7. The van der Waals surface area contributed by atoms with Crippen molar-refractivity contribution in [1.82, 2.24) is 0 Å². The molecular formula is C25H34O4S. The maximum absolute atomic E-state index is 13.3. The molecule has 3 aliphatic rings. The van der Waals surface area contributed by atoms with Gasteiger partial charge in [-0.05, 0) is 48.5 Å². The highest BCUT2D eigenvalue weighted by Crippen LogP contribution is 2.64. The first-order valence-electron chi connectivity index (χ1n) is 11.3. The lowest BCUT2D eigenvalue weighted by Crippen LogP contribution is -2.44. The van der Waals surface area contributed by atoms with Crippen molar-refractivity contribution in [2.75, 3.05) is 5.75 Å². The van der Waals surface area contributed by atoms with Crippen LogP contribution in [0.4, 0.5) is 0 Å². The number of benzene rings is 1. The van der Waals surface area contributed by atoms with E-state index < -0.39 is 15.5 Å². The molecule has 0 heterocycles. The van der Waals surface area contributed by atoms with Crippen LogP contribution in [0.15, 0.2) is 43.0 Å². The summed E-state index contributed by atoms with van der Waals surface area (Å²) in [5.41, 5.74) is 0.0905. The fourth-order valence-electron chi connectivity index (χ4n) is 6.52. The van der Waals surface area contributed by atoms with Gasteiger partial charge >= 0.3 is 0 Å². The van der Waals surface area contributed by atoms with Crippen molar-refractivity contribution in [3.8, 4) is 0 Å². The fraction of sp³-hybridized carbons (Fsp3) is 0.640. The van der Waals surface area contributed by atoms with Crippen molar-refractivity contribution in [3.63, 3.8) is 0 Å². The van der Waals surface area contributed by atoms with E-state index in [1.165, 1.54) is 0 Å². The van der Waals surface area contributed by atoms with Crippen molar-refractivity contribution >= 4 is 15.9 Å². The Morgan fingerprint density at radius 3 is 2.47 bits per heavy atom. The molecule has 0 spiro atoms. The first-order valence-corrected chi connectivity index (χ1v) is 12.9. The van der Waals surface area contributed by atoms with E-state index in [-0.39, 0.29) is 34.9 Å². The molecule has 164 valence electrons. The van der Waals surface area contributed by atoms with Crippen molar-refractivity contribution in [1.29, 1.82) is 0 Å². The summed E-state index contributed by atoms with van der Waals surface area (Å²) in [4.78, 5) is 12.8. The zero-order valence-electron chi connectivity index (χ0n) is 18.2. The number of hydrogen-bond acceptors (Lipinski definition) is 4. The minimum atomic E-state index is -3.82. The van der Waals surface area contributed by atoms with Crippen LogP contribution < -0.4 is 0 Å². The number of fused-ring (bicyclic) bond motifs is 2. The number of rotatable bonds is 7. The topological polar surface area (TPSA) is 60.4 Å². The minimum Gasteiger partial charge on any atom is -0.299 e. The molecule has 3 saturated carbocycles. The molecule has 0 saturated heterocycles.